The quantitative estimate of drug-likeness (QED) is 0.648. The van der Waals surface area contributed by atoms with E-state index in [1.165, 1.54) is 11.3 Å². The standard InChI is InChI=1S/C13H22ClNO3S2/c1-4-11(5-2)15(7-8-18-3)20(16,17)13-6-9-19-12(13)10-14/h6,9,11H,4-5,7-8,10H2,1-3H3. The molecule has 0 unspecified atom stereocenters. The van der Waals surface area contributed by atoms with Crippen LogP contribution in [-0.2, 0) is 20.6 Å². The van der Waals surface area contributed by atoms with Gasteiger partial charge in [0.05, 0.1) is 17.4 Å². The van der Waals surface area contributed by atoms with Crippen molar-refractivity contribution in [1.82, 2.24) is 4.31 Å². The van der Waals surface area contributed by atoms with Crippen LogP contribution in [0.25, 0.3) is 0 Å². The van der Waals surface area contributed by atoms with E-state index in [1.807, 2.05) is 13.8 Å². The lowest BCUT2D eigenvalue weighted by atomic mass is 10.2. The van der Waals surface area contributed by atoms with Crippen LogP contribution in [0.2, 0.25) is 0 Å². The van der Waals surface area contributed by atoms with E-state index in [2.05, 4.69) is 0 Å². The van der Waals surface area contributed by atoms with Gasteiger partial charge in [0.25, 0.3) is 0 Å². The predicted molar refractivity (Wildman–Crippen MR) is 84.0 cm³/mol. The molecule has 1 aromatic rings. The molecular formula is C13H22ClNO3S2. The van der Waals surface area contributed by atoms with Crippen molar-refractivity contribution in [1.29, 1.82) is 0 Å². The van der Waals surface area contributed by atoms with E-state index in [4.69, 9.17) is 16.3 Å². The third-order valence-electron chi connectivity index (χ3n) is 3.28. The zero-order valence-corrected chi connectivity index (χ0v) is 14.5. The molecule has 0 amide bonds. The van der Waals surface area contributed by atoms with Gasteiger partial charge in [0.2, 0.25) is 10.0 Å². The van der Waals surface area contributed by atoms with Gasteiger partial charge in [-0.3, -0.25) is 0 Å². The van der Waals surface area contributed by atoms with E-state index in [9.17, 15) is 8.42 Å². The molecule has 0 saturated heterocycles. The van der Waals surface area contributed by atoms with Gasteiger partial charge in [-0.2, -0.15) is 4.31 Å². The molecule has 0 bridgehead atoms. The summed E-state index contributed by atoms with van der Waals surface area (Å²) in [5.74, 6) is 0.216. The van der Waals surface area contributed by atoms with Gasteiger partial charge >= 0.3 is 0 Å². The maximum Gasteiger partial charge on any atom is 0.244 e. The molecule has 116 valence electrons. The van der Waals surface area contributed by atoms with Crippen LogP contribution in [0.5, 0.6) is 0 Å². The Labute approximate surface area is 130 Å². The number of rotatable bonds is 9. The summed E-state index contributed by atoms with van der Waals surface area (Å²) < 4.78 is 32.3. The van der Waals surface area contributed by atoms with Crippen molar-refractivity contribution in [3.05, 3.63) is 16.3 Å². The first-order valence-electron chi connectivity index (χ1n) is 6.65. The van der Waals surface area contributed by atoms with Gasteiger partial charge < -0.3 is 4.74 Å². The van der Waals surface area contributed by atoms with Crippen molar-refractivity contribution >= 4 is 33.0 Å². The van der Waals surface area contributed by atoms with Crippen LogP contribution in [0.15, 0.2) is 16.3 Å². The number of methoxy groups -OCH3 is 1. The van der Waals surface area contributed by atoms with Crippen molar-refractivity contribution in [2.75, 3.05) is 20.3 Å². The lowest BCUT2D eigenvalue weighted by Crippen LogP contribution is -2.41. The maximum absolute atomic E-state index is 12.9. The second-order valence-corrected chi connectivity index (χ2v) is 7.55. The third kappa shape index (κ3) is 3.95. The van der Waals surface area contributed by atoms with E-state index in [1.54, 1.807) is 22.9 Å². The Morgan fingerprint density at radius 3 is 2.55 bits per heavy atom. The van der Waals surface area contributed by atoms with E-state index in [0.717, 1.165) is 12.8 Å². The smallest absolute Gasteiger partial charge is 0.244 e. The van der Waals surface area contributed by atoms with E-state index in [-0.39, 0.29) is 11.9 Å². The largest absolute Gasteiger partial charge is 0.383 e. The first kappa shape index (κ1) is 17.9. The van der Waals surface area contributed by atoms with Gasteiger partial charge in [-0.05, 0) is 24.3 Å². The topological polar surface area (TPSA) is 46.6 Å². The van der Waals surface area contributed by atoms with E-state index < -0.39 is 10.0 Å². The van der Waals surface area contributed by atoms with Gasteiger partial charge in [0, 0.05) is 24.6 Å². The number of sulfonamides is 1. The number of hydrogen-bond acceptors (Lipinski definition) is 4. The van der Waals surface area contributed by atoms with Gasteiger partial charge in [0.1, 0.15) is 0 Å². The number of halogens is 1. The van der Waals surface area contributed by atoms with Crippen LogP contribution >= 0.6 is 22.9 Å². The molecule has 0 saturated carbocycles. The van der Waals surface area contributed by atoms with Crippen LogP contribution in [0.3, 0.4) is 0 Å². The average Bonchev–Trinajstić information content (AvgIpc) is 2.92. The number of hydrogen-bond donors (Lipinski definition) is 0. The summed E-state index contributed by atoms with van der Waals surface area (Å²) in [5.41, 5.74) is 0. The van der Waals surface area contributed by atoms with Crippen LogP contribution in [0, 0.1) is 0 Å². The molecule has 0 N–H and O–H groups in total. The first-order chi connectivity index (χ1) is 9.52. The Bertz CT molecular complexity index is 497. The minimum atomic E-state index is -3.52. The molecule has 7 heteroatoms. The average molecular weight is 340 g/mol. The van der Waals surface area contributed by atoms with Crippen LogP contribution in [0.1, 0.15) is 31.6 Å². The maximum atomic E-state index is 12.9. The monoisotopic (exact) mass is 339 g/mol. The fourth-order valence-corrected chi connectivity index (χ4v) is 5.59. The van der Waals surface area contributed by atoms with Crippen LogP contribution in [-0.4, -0.2) is 39.0 Å². The van der Waals surface area contributed by atoms with Crippen LogP contribution < -0.4 is 0 Å². The molecule has 0 aromatic carbocycles. The molecule has 4 nitrogen and oxygen atoms in total. The number of nitrogens with zero attached hydrogens (tertiary/aromatic N) is 1. The Morgan fingerprint density at radius 1 is 1.40 bits per heavy atom. The van der Waals surface area contributed by atoms with Crippen LogP contribution in [0.4, 0.5) is 0 Å². The summed E-state index contributed by atoms with van der Waals surface area (Å²) in [5, 5.41) is 1.77. The number of alkyl halides is 1. The summed E-state index contributed by atoms with van der Waals surface area (Å²) in [7, 11) is -1.94. The highest BCUT2D eigenvalue weighted by molar-refractivity contribution is 7.89. The Balaban J connectivity index is 3.16. The van der Waals surface area contributed by atoms with Crippen molar-refractivity contribution in [2.45, 2.75) is 43.5 Å². The predicted octanol–water partition coefficient (Wildman–Crippen LogP) is 3.31. The molecule has 0 aliphatic heterocycles. The van der Waals surface area contributed by atoms with Gasteiger partial charge in [-0.15, -0.1) is 22.9 Å². The fraction of sp³-hybridized carbons (Fsp3) is 0.692. The lowest BCUT2D eigenvalue weighted by Gasteiger charge is -2.29. The minimum Gasteiger partial charge on any atom is -0.383 e. The summed E-state index contributed by atoms with van der Waals surface area (Å²) in [6.45, 7) is 4.75. The van der Waals surface area contributed by atoms with E-state index in [0.29, 0.717) is 22.9 Å². The summed E-state index contributed by atoms with van der Waals surface area (Å²) in [6, 6.07) is 1.62. The molecule has 0 aliphatic rings. The Hall–Kier alpha value is -0.140. The Morgan fingerprint density at radius 2 is 2.05 bits per heavy atom. The van der Waals surface area contributed by atoms with Gasteiger partial charge in [-0.25, -0.2) is 8.42 Å². The van der Waals surface area contributed by atoms with Crippen molar-refractivity contribution in [3.63, 3.8) is 0 Å². The van der Waals surface area contributed by atoms with Crippen molar-refractivity contribution in [3.8, 4) is 0 Å². The zero-order chi connectivity index (χ0) is 15.2. The van der Waals surface area contributed by atoms with Crippen molar-refractivity contribution in [2.24, 2.45) is 0 Å². The highest BCUT2D eigenvalue weighted by atomic mass is 35.5. The second-order valence-electron chi connectivity index (χ2n) is 4.42. The molecule has 20 heavy (non-hydrogen) atoms. The first-order valence-corrected chi connectivity index (χ1v) is 9.51. The number of thiophene rings is 1. The number of ether oxygens (including phenoxy) is 1. The highest BCUT2D eigenvalue weighted by Crippen LogP contribution is 2.28. The normalized spacial score (nSPS) is 12.5. The molecular weight excluding hydrogens is 318 g/mol. The Kier molecular flexibility index (Phi) is 7.47. The molecule has 0 spiro atoms. The molecule has 1 rings (SSSR count). The minimum absolute atomic E-state index is 0.0155. The summed E-state index contributed by atoms with van der Waals surface area (Å²) in [6.07, 6.45) is 1.56. The van der Waals surface area contributed by atoms with Gasteiger partial charge in [0.15, 0.2) is 0 Å². The van der Waals surface area contributed by atoms with E-state index >= 15 is 0 Å². The van der Waals surface area contributed by atoms with Gasteiger partial charge in [-0.1, -0.05) is 13.8 Å². The molecule has 1 aromatic heterocycles. The summed E-state index contributed by atoms with van der Waals surface area (Å²) >= 11 is 7.21. The van der Waals surface area contributed by atoms with Crippen molar-refractivity contribution < 1.29 is 13.2 Å². The molecule has 1 heterocycles. The third-order valence-corrected chi connectivity index (χ3v) is 6.79. The zero-order valence-electron chi connectivity index (χ0n) is 12.1. The molecule has 0 fully saturated rings. The molecule has 0 aliphatic carbocycles. The fourth-order valence-electron chi connectivity index (χ4n) is 2.16. The SMILES string of the molecule is CCC(CC)N(CCOC)S(=O)(=O)c1ccsc1CCl. The molecule has 0 radical (unpaired) electrons. The highest BCUT2D eigenvalue weighted by Gasteiger charge is 2.31. The second kappa shape index (κ2) is 8.34. The molecule has 0 atom stereocenters. The summed E-state index contributed by atoms with van der Waals surface area (Å²) in [4.78, 5) is 1.03. The lowest BCUT2D eigenvalue weighted by molar-refractivity contribution is 0.163.